The molecule has 0 fully saturated rings. The molecular formula is C31H43N6O3+. The molecule has 0 unspecified atom stereocenters. The number of Topliss-reactive ketones (excluding diaryl/α,β-unsaturated/α-hetero) is 1. The maximum absolute atomic E-state index is 12.6. The zero-order valence-electron chi connectivity index (χ0n) is 24.0. The number of anilines is 2. The number of rotatable bonds is 15. The molecule has 214 valence electrons. The molecule has 3 aromatic rings. The van der Waals surface area contributed by atoms with E-state index in [2.05, 4.69) is 39.6 Å². The SMILES string of the molecule is CO[C@H](C)CN(CCCCc1ccc2c(n1)NCCC2)CC[C@@H](Nc1cncc(-c2ccccc2)[n+]1O)C(C)=O. The highest BCUT2D eigenvalue weighted by Gasteiger charge is 2.25. The molecule has 1 aromatic carbocycles. The molecule has 0 bridgehead atoms. The van der Waals surface area contributed by atoms with Crippen molar-refractivity contribution in [2.24, 2.45) is 0 Å². The minimum absolute atomic E-state index is 0.0111. The Morgan fingerprint density at radius 2 is 2.00 bits per heavy atom. The van der Waals surface area contributed by atoms with Crippen LogP contribution in [0.4, 0.5) is 11.6 Å². The summed E-state index contributed by atoms with van der Waals surface area (Å²) in [4.78, 5) is 24.1. The zero-order valence-corrected chi connectivity index (χ0v) is 24.0. The molecule has 0 amide bonds. The maximum Gasteiger partial charge on any atom is 0.333 e. The predicted molar refractivity (Wildman–Crippen MR) is 157 cm³/mol. The number of nitrogens with zero attached hydrogens (tertiary/aromatic N) is 4. The van der Waals surface area contributed by atoms with E-state index < -0.39 is 6.04 Å². The number of pyridine rings is 1. The molecule has 9 heteroatoms. The van der Waals surface area contributed by atoms with Gasteiger partial charge in [-0.2, -0.15) is 0 Å². The second-order valence-electron chi connectivity index (χ2n) is 10.6. The number of fused-ring (bicyclic) bond motifs is 1. The summed E-state index contributed by atoms with van der Waals surface area (Å²) in [6.45, 7) is 7.06. The van der Waals surface area contributed by atoms with E-state index in [0.717, 1.165) is 73.7 Å². The van der Waals surface area contributed by atoms with E-state index in [4.69, 9.17) is 9.72 Å². The van der Waals surface area contributed by atoms with Crippen molar-refractivity contribution >= 4 is 17.4 Å². The summed E-state index contributed by atoms with van der Waals surface area (Å²) >= 11 is 0. The van der Waals surface area contributed by atoms with E-state index in [0.29, 0.717) is 17.9 Å². The van der Waals surface area contributed by atoms with Gasteiger partial charge >= 0.3 is 5.82 Å². The molecule has 0 saturated heterocycles. The fraction of sp³-hybridized carbons (Fsp3) is 0.484. The lowest BCUT2D eigenvalue weighted by molar-refractivity contribution is -0.885. The zero-order chi connectivity index (χ0) is 28.3. The molecule has 3 N–H and O–H groups in total. The van der Waals surface area contributed by atoms with Crippen molar-refractivity contribution in [2.75, 3.05) is 43.9 Å². The lowest BCUT2D eigenvalue weighted by Gasteiger charge is -2.26. The summed E-state index contributed by atoms with van der Waals surface area (Å²) in [6, 6.07) is 13.5. The van der Waals surface area contributed by atoms with Gasteiger partial charge in [-0.1, -0.05) is 36.4 Å². The molecule has 3 heterocycles. The Hall–Kier alpha value is -3.56. The van der Waals surface area contributed by atoms with Crippen molar-refractivity contribution in [1.82, 2.24) is 14.9 Å². The number of unbranched alkanes of at least 4 members (excludes halogenated alkanes) is 1. The molecule has 1 aliphatic rings. The fourth-order valence-electron chi connectivity index (χ4n) is 5.07. The number of hydrogen-bond acceptors (Lipinski definition) is 8. The minimum Gasteiger partial charge on any atom is -0.380 e. The molecule has 9 nitrogen and oxygen atoms in total. The highest BCUT2D eigenvalue weighted by atomic mass is 16.5. The van der Waals surface area contributed by atoms with Crippen molar-refractivity contribution in [3.05, 3.63) is 66.1 Å². The van der Waals surface area contributed by atoms with Gasteiger partial charge in [0.1, 0.15) is 12.0 Å². The van der Waals surface area contributed by atoms with Gasteiger partial charge in [-0.25, -0.2) is 4.98 Å². The van der Waals surface area contributed by atoms with Crippen molar-refractivity contribution < 1.29 is 19.5 Å². The van der Waals surface area contributed by atoms with Crippen LogP contribution >= 0.6 is 0 Å². The van der Waals surface area contributed by atoms with Crippen LogP contribution in [0.15, 0.2) is 54.9 Å². The maximum atomic E-state index is 12.6. The van der Waals surface area contributed by atoms with Gasteiger partial charge in [0.2, 0.25) is 0 Å². The van der Waals surface area contributed by atoms with Crippen LogP contribution < -0.4 is 15.4 Å². The average molecular weight is 548 g/mol. The van der Waals surface area contributed by atoms with Gasteiger partial charge in [0.15, 0.2) is 17.5 Å². The molecule has 40 heavy (non-hydrogen) atoms. The highest BCUT2D eigenvalue weighted by molar-refractivity contribution is 5.83. The van der Waals surface area contributed by atoms with Crippen molar-refractivity contribution in [3.8, 4) is 11.3 Å². The smallest absolute Gasteiger partial charge is 0.333 e. The van der Waals surface area contributed by atoms with Crippen LogP contribution in [0.3, 0.4) is 0 Å². The van der Waals surface area contributed by atoms with Gasteiger partial charge in [0, 0.05) is 44.4 Å². The number of ketones is 1. The van der Waals surface area contributed by atoms with Gasteiger partial charge in [0.05, 0.1) is 12.3 Å². The van der Waals surface area contributed by atoms with Crippen LogP contribution in [-0.2, 0) is 22.4 Å². The number of nitrogens with one attached hydrogen (secondary N) is 2. The van der Waals surface area contributed by atoms with Crippen molar-refractivity contribution in [2.45, 2.75) is 64.5 Å². The summed E-state index contributed by atoms with van der Waals surface area (Å²) in [7, 11) is 1.73. The normalized spacial score (nSPS) is 14.3. The van der Waals surface area contributed by atoms with Crippen molar-refractivity contribution in [3.63, 3.8) is 0 Å². The molecule has 0 saturated carbocycles. The monoisotopic (exact) mass is 547 g/mol. The third-order valence-corrected chi connectivity index (χ3v) is 7.49. The second-order valence-corrected chi connectivity index (χ2v) is 10.6. The Morgan fingerprint density at radius 3 is 2.77 bits per heavy atom. The lowest BCUT2D eigenvalue weighted by atomic mass is 10.1. The number of benzene rings is 1. The van der Waals surface area contributed by atoms with E-state index in [1.54, 1.807) is 20.2 Å². The molecule has 2 atom stereocenters. The Labute approximate surface area is 237 Å². The number of carbonyl (C=O) groups excluding carboxylic acids is 1. The Morgan fingerprint density at radius 1 is 1.18 bits per heavy atom. The molecule has 0 aliphatic carbocycles. The first-order valence-corrected chi connectivity index (χ1v) is 14.3. The van der Waals surface area contributed by atoms with Crippen LogP contribution in [0.25, 0.3) is 11.3 Å². The first-order chi connectivity index (χ1) is 19.4. The van der Waals surface area contributed by atoms with E-state index in [1.165, 1.54) is 18.2 Å². The molecule has 4 rings (SSSR count). The van der Waals surface area contributed by atoms with Crippen LogP contribution in [-0.4, -0.2) is 71.3 Å². The van der Waals surface area contributed by atoms with Gasteiger partial charge in [0.25, 0.3) is 0 Å². The lowest BCUT2D eigenvalue weighted by Crippen LogP contribution is -2.42. The summed E-state index contributed by atoms with van der Waals surface area (Å²) < 4.78 is 6.61. The van der Waals surface area contributed by atoms with Crippen LogP contribution in [0, 0.1) is 0 Å². The first kappa shape index (κ1) is 29.4. The van der Waals surface area contributed by atoms with Gasteiger partial charge in [-0.05, 0) is 68.9 Å². The number of carbonyl (C=O) groups is 1. The summed E-state index contributed by atoms with van der Waals surface area (Å²) in [5, 5.41) is 17.5. The average Bonchev–Trinajstić information content (AvgIpc) is 2.98. The predicted octanol–water partition coefficient (Wildman–Crippen LogP) is 4.15. The van der Waals surface area contributed by atoms with Crippen LogP contribution in [0.1, 0.15) is 50.8 Å². The fourth-order valence-corrected chi connectivity index (χ4v) is 5.07. The van der Waals surface area contributed by atoms with Crippen molar-refractivity contribution in [1.29, 1.82) is 0 Å². The number of methoxy groups -OCH3 is 1. The van der Waals surface area contributed by atoms with E-state index in [9.17, 15) is 10.0 Å². The molecule has 1 aliphatic heterocycles. The standard InChI is InChI=1S/C31H42N6O3/c1-23(40-3)22-36(18-8-7-13-27-15-14-26-12-9-17-33-31(26)34-27)19-16-28(24(2)38)35-30-21-32-20-29(37(30)39)25-10-5-4-6-11-25/h4-6,10-11,14-15,20-21,23,28,39H,7-9,12-13,16-19,22H2,1-3H3,(H,33,34)/p+1/t23-,28-/m1/s1. The Balaban J connectivity index is 1.33. The molecular weight excluding hydrogens is 504 g/mol. The third kappa shape index (κ3) is 8.22. The molecule has 2 aromatic heterocycles. The summed E-state index contributed by atoms with van der Waals surface area (Å²) in [6.07, 6.45) is 9.11. The van der Waals surface area contributed by atoms with E-state index in [-0.39, 0.29) is 11.9 Å². The second kappa shape index (κ2) is 14.7. The summed E-state index contributed by atoms with van der Waals surface area (Å²) in [5.74, 6) is 1.44. The number of ether oxygens (including phenoxy) is 1. The molecule has 0 radical (unpaired) electrons. The Bertz CT molecular complexity index is 1240. The van der Waals surface area contributed by atoms with Gasteiger partial charge in [-0.3, -0.25) is 15.1 Å². The number of hydrogen-bond donors (Lipinski definition) is 3. The summed E-state index contributed by atoms with van der Waals surface area (Å²) in [5.41, 5.74) is 3.84. The van der Waals surface area contributed by atoms with E-state index >= 15 is 0 Å². The van der Waals surface area contributed by atoms with Gasteiger partial charge in [-0.15, -0.1) is 0 Å². The van der Waals surface area contributed by atoms with E-state index in [1.807, 2.05) is 30.3 Å². The number of aryl methyl sites for hydroxylation is 2. The Kier molecular flexibility index (Phi) is 10.8. The molecule has 0 spiro atoms. The quantitative estimate of drug-likeness (QED) is 0.148. The van der Waals surface area contributed by atoms with Crippen LogP contribution in [0.5, 0.6) is 0 Å². The topological polar surface area (TPSA) is 103 Å². The van der Waals surface area contributed by atoms with Gasteiger partial charge < -0.3 is 20.2 Å². The first-order valence-electron chi connectivity index (χ1n) is 14.3. The highest BCUT2D eigenvalue weighted by Crippen LogP contribution is 2.20. The minimum atomic E-state index is -0.459. The third-order valence-electron chi connectivity index (χ3n) is 7.49. The van der Waals surface area contributed by atoms with Crippen LogP contribution in [0.2, 0.25) is 0 Å². The number of aromatic nitrogens is 3. The largest absolute Gasteiger partial charge is 0.380 e.